The fourth-order valence-electron chi connectivity index (χ4n) is 3.45. The number of carbonyl (C=O) groups is 2. The minimum Gasteiger partial charge on any atom is -0.484 e. The van der Waals surface area contributed by atoms with Crippen LogP contribution in [0.25, 0.3) is 0 Å². The Bertz CT molecular complexity index is 648. The van der Waals surface area contributed by atoms with Crippen molar-refractivity contribution in [3.8, 4) is 5.75 Å². The quantitative estimate of drug-likeness (QED) is 0.726. The van der Waals surface area contributed by atoms with Gasteiger partial charge in [-0.15, -0.1) is 23.5 Å². The number of nitrogens with zero attached hydrogens (tertiary/aromatic N) is 1. The molecule has 2 fully saturated rings. The molecule has 0 bridgehead atoms. The van der Waals surface area contributed by atoms with Gasteiger partial charge in [0, 0.05) is 19.6 Å². The maximum absolute atomic E-state index is 12.5. The van der Waals surface area contributed by atoms with Gasteiger partial charge < -0.3 is 15.0 Å². The Hall–Kier alpha value is -1.34. The number of hydrogen-bond donors (Lipinski definition) is 1. The Labute approximate surface area is 176 Å². The second kappa shape index (κ2) is 11.0. The van der Waals surface area contributed by atoms with E-state index in [4.69, 9.17) is 4.74 Å². The fraction of sp³-hybridized carbons (Fsp3) is 0.619. The minimum absolute atomic E-state index is 0.0234. The Kier molecular flexibility index (Phi) is 8.40. The molecule has 2 amide bonds. The number of thioether (sulfide) groups is 2. The second-order valence-corrected chi connectivity index (χ2v) is 9.98. The molecule has 1 N–H and O–H groups in total. The number of nitrogens with one attached hydrogen (secondary N) is 1. The zero-order chi connectivity index (χ0) is 19.8. The highest BCUT2D eigenvalue weighted by Crippen LogP contribution is 2.43. The molecule has 1 aromatic rings. The first kappa shape index (κ1) is 21.4. The first-order chi connectivity index (χ1) is 13.7. The van der Waals surface area contributed by atoms with Gasteiger partial charge in [0.15, 0.2) is 6.61 Å². The van der Waals surface area contributed by atoms with Gasteiger partial charge in [-0.2, -0.15) is 0 Å². The van der Waals surface area contributed by atoms with Crippen molar-refractivity contribution >= 4 is 35.3 Å². The number of hydrogen-bond acceptors (Lipinski definition) is 5. The molecular weight excluding hydrogens is 392 g/mol. The van der Waals surface area contributed by atoms with Crippen LogP contribution in [0.2, 0.25) is 0 Å². The lowest BCUT2D eigenvalue weighted by atomic mass is 9.97. The highest BCUT2D eigenvalue weighted by molar-refractivity contribution is 8.16. The molecule has 7 heteroatoms. The normalized spacial score (nSPS) is 20.6. The summed E-state index contributed by atoms with van der Waals surface area (Å²) in [4.78, 5) is 26.5. The number of ether oxygens (including phenoxy) is 1. The number of piperidine rings is 1. The number of amides is 2. The average molecular weight is 423 g/mol. The van der Waals surface area contributed by atoms with Crippen molar-refractivity contribution in [2.24, 2.45) is 5.92 Å². The van der Waals surface area contributed by atoms with Gasteiger partial charge in [-0.1, -0.05) is 19.1 Å². The lowest BCUT2D eigenvalue weighted by molar-refractivity contribution is -0.137. The molecule has 1 unspecified atom stereocenters. The van der Waals surface area contributed by atoms with E-state index in [0.717, 1.165) is 25.0 Å². The maximum atomic E-state index is 12.5. The van der Waals surface area contributed by atoms with Crippen LogP contribution in [-0.2, 0) is 9.59 Å². The van der Waals surface area contributed by atoms with Gasteiger partial charge >= 0.3 is 0 Å². The van der Waals surface area contributed by atoms with E-state index in [1.165, 1.54) is 23.5 Å². The lowest BCUT2D eigenvalue weighted by Gasteiger charge is -2.32. The number of rotatable bonds is 7. The van der Waals surface area contributed by atoms with E-state index in [1.54, 1.807) is 4.90 Å². The van der Waals surface area contributed by atoms with E-state index < -0.39 is 0 Å². The van der Waals surface area contributed by atoms with E-state index in [-0.39, 0.29) is 24.3 Å². The van der Waals surface area contributed by atoms with Gasteiger partial charge in [0.25, 0.3) is 5.91 Å². The Morgan fingerprint density at radius 1 is 1.18 bits per heavy atom. The second-order valence-electron chi connectivity index (χ2n) is 7.25. The highest BCUT2D eigenvalue weighted by atomic mass is 32.2. The van der Waals surface area contributed by atoms with Crippen LogP contribution in [0.3, 0.4) is 0 Å². The summed E-state index contributed by atoms with van der Waals surface area (Å²) < 4.78 is 6.23. The number of likely N-dealkylation sites (tertiary alicyclic amines) is 1. The largest absolute Gasteiger partial charge is 0.484 e. The van der Waals surface area contributed by atoms with Crippen molar-refractivity contribution in [3.63, 3.8) is 0 Å². The van der Waals surface area contributed by atoms with E-state index in [2.05, 4.69) is 17.4 Å². The molecule has 0 radical (unpaired) electrons. The molecule has 2 heterocycles. The van der Waals surface area contributed by atoms with Crippen molar-refractivity contribution in [3.05, 3.63) is 29.8 Å². The van der Waals surface area contributed by atoms with Crippen molar-refractivity contribution in [2.45, 2.75) is 37.2 Å². The number of carbonyl (C=O) groups excluding carboxylic acids is 2. The van der Waals surface area contributed by atoms with Gasteiger partial charge in [0.2, 0.25) is 5.91 Å². The molecule has 0 aromatic heterocycles. The molecular formula is C21H30N2O3S2. The first-order valence-corrected chi connectivity index (χ1v) is 12.3. The molecule has 2 saturated heterocycles. The molecule has 2 aliphatic rings. The Morgan fingerprint density at radius 3 is 2.64 bits per heavy atom. The highest BCUT2D eigenvalue weighted by Gasteiger charge is 2.28. The van der Waals surface area contributed by atoms with E-state index in [9.17, 15) is 9.59 Å². The fourth-order valence-corrected chi connectivity index (χ4v) is 6.34. The van der Waals surface area contributed by atoms with Gasteiger partial charge in [-0.25, -0.2) is 0 Å². The standard InChI is InChI=1S/C21H30N2O3S2/c1-2-10-22-20(25)17-5-3-11-23(14-17)19(24)15-26-18-8-6-16(7-9-18)21-27-12-4-13-28-21/h6-9,17,21H,2-5,10-15H2,1H3,(H,22,25). The van der Waals surface area contributed by atoms with Gasteiger partial charge in [-0.3, -0.25) is 9.59 Å². The Morgan fingerprint density at radius 2 is 1.93 bits per heavy atom. The summed E-state index contributed by atoms with van der Waals surface area (Å²) in [5.74, 6) is 3.08. The summed E-state index contributed by atoms with van der Waals surface area (Å²) in [6.07, 6.45) is 3.92. The van der Waals surface area contributed by atoms with Crippen LogP contribution in [0.4, 0.5) is 0 Å². The van der Waals surface area contributed by atoms with Crippen molar-refractivity contribution in [1.29, 1.82) is 0 Å². The van der Waals surface area contributed by atoms with Crippen LogP contribution in [0.15, 0.2) is 24.3 Å². The zero-order valence-corrected chi connectivity index (χ0v) is 18.2. The average Bonchev–Trinajstić information content (AvgIpc) is 2.77. The van der Waals surface area contributed by atoms with Crippen molar-refractivity contribution < 1.29 is 14.3 Å². The molecule has 2 aliphatic heterocycles. The van der Waals surface area contributed by atoms with Gasteiger partial charge in [-0.05, 0) is 54.9 Å². The Balaban J connectivity index is 1.46. The molecule has 154 valence electrons. The van der Waals surface area contributed by atoms with Crippen LogP contribution in [0, 0.1) is 5.92 Å². The number of benzene rings is 1. The molecule has 1 aromatic carbocycles. The topological polar surface area (TPSA) is 58.6 Å². The van der Waals surface area contributed by atoms with E-state index in [0.29, 0.717) is 24.2 Å². The molecule has 0 saturated carbocycles. The van der Waals surface area contributed by atoms with E-state index in [1.807, 2.05) is 42.6 Å². The summed E-state index contributed by atoms with van der Waals surface area (Å²) in [5, 5.41) is 2.94. The third-order valence-electron chi connectivity index (χ3n) is 5.04. The van der Waals surface area contributed by atoms with Crippen LogP contribution in [0.1, 0.15) is 42.8 Å². The minimum atomic E-state index is -0.103. The predicted molar refractivity (Wildman–Crippen MR) is 117 cm³/mol. The van der Waals surface area contributed by atoms with Crippen LogP contribution in [0.5, 0.6) is 5.75 Å². The van der Waals surface area contributed by atoms with Gasteiger partial charge in [0.1, 0.15) is 5.75 Å². The van der Waals surface area contributed by atoms with Crippen molar-refractivity contribution in [2.75, 3.05) is 37.7 Å². The SMILES string of the molecule is CCCNC(=O)C1CCCN(C(=O)COc2ccc(C3SCCCS3)cc2)C1. The monoisotopic (exact) mass is 422 g/mol. The summed E-state index contributed by atoms with van der Waals surface area (Å²) in [7, 11) is 0. The van der Waals surface area contributed by atoms with Crippen molar-refractivity contribution in [1.82, 2.24) is 10.2 Å². The molecule has 3 rings (SSSR count). The maximum Gasteiger partial charge on any atom is 0.260 e. The molecule has 1 atom stereocenters. The van der Waals surface area contributed by atoms with E-state index >= 15 is 0 Å². The van der Waals surface area contributed by atoms with Crippen LogP contribution in [-0.4, -0.2) is 54.5 Å². The molecule has 0 aliphatic carbocycles. The first-order valence-electron chi connectivity index (χ1n) is 10.2. The zero-order valence-electron chi connectivity index (χ0n) is 16.5. The summed E-state index contributed by atoms with van der Waals surface area (Å²) in [6.45, 7) is 3.95. The summed E-state index contributed by atoms with van der Waals surface area (Å²) >= 11 is 3.99. The van der Waals surface area contributed by atoms with Crippen LogP contribution >= 0.6 is 23.5 Å². The third-order valence-corrected chi connectivity index (χ3v) is 8.05. The summed E-state index contributed by atoms with van der Waals surface area (Å²) in [5.41, 5.74) is 1.31. The third kappa shape index (κ3) is 6.08. The smallest absolute Gasteiger partial charge is 0.260 e. The summed E-state index contributed by atoms with van der Waals surface area (Å²) in [6, 6.07) is 8.11. The lowest BCUT2D eigenvalue weighted by Crippen LogP contribution is -2.46. The van der Waals surface area contributed by atoms with Crippen LogP contribution < -0.4 is 10.1 Å². The molecule has 5 nitrogen and oxygen atoms in total. The predicted octanol–water partition coefficient (Wildman–Crippen LogP) is 3.70. The molecule has 0 spiro atoms. The molecule has 28 heavy (non-hydrogen) atoms. The van der Waals surface area contributed by atoms with Gasteiger partial charge in [0.05, 0.1) is 10.5 Å².